The van der Waals surface area contributed by atoms with Gasteiger partial charge in [-0.2, -0.15) is 0 Å². The Morgan fingerprint density at radius 1 is 1.30 bits per heavy atom. The van der Waals surface area contributed by atoms with Gasteiger partial charge in [-0.05, 0) is 36.2 Å². The second-order valence-corrected chi connectivity index (χ2v) is 5.29. The van der Waals surface area contributed by atoms with Gasteiger partial charge in [-0.15, -0.1) is 0 Å². The molecule has 0 aliphatic heterocycles. The Bertz CT molecular complexity index is 601. The quantitative estimate of drug-likeness (QED) is 0.881. The summed E-state index contributed by atoms with van der Waals surface area (Å²) < 4.78 is 1.04. The summed E-state index contributed by atoms with van der Waals surface area (Å²) in [6.07, 6.45) is 2.39. The standard InChI is InChI=1S/C15H16BrN3O/c16-13-3-1-2-11(8-13)4-6-19-15(20)12-5-7-18-14(9-12)10-17/h1-3,5,7-9H,4,6,10,17H2,(H,19,20). The van der Waals surface area contributed by atoms with Crippen LogP contribution in [0.4, 0.5) is 0 Å². The lowest BCUT2D eigenvalue weighted by atomic mass is 10.1. The van der Waals surface area contributed by atoms with Gasteiger partial charge >= 0.3 is 0 Å². The number of hydrogen-bond acceptors (Lipinski definition) is 3. The zero-order valence-electron chi connectivity index (χ0n) is 11.0. The average Bonchev–Trinajstić information content (AvgIpc) is 2.47. The highest BCUT2D eigenvalue weighted by atomic mass is 79.9. The molecule has 0 bridgehead atoms. The predicted octanol–water partition coefficient (Wildman–Crippen LogP) is 2.28. The van der Waals surface area contributed by atoms with Crippen LogP contribution in [0.15, 0.2) is 47.1 Å². The normalized spacial score (nSPS) is 10.3. The number of halogens is 1. The fraction of sp³-hybridized carbons (Fsp3) is 0.200. The number of amides is 1. The largest absolute Gasteiger partial charge is 0.352 e. The molecule has 2 rings (SSSR count). The summed E-state index contributed by atoms with van der Waals surface area (Å²) in [5, 5.41) is 2.90. The third kappa shape index (κ3) is 4.15. The van der Waals surface area contributed by atoms with Gasteiger partial charge in [0.05, 0.1) is 5.69 Å². The van der Waals surface area contributed by atoms with E-state index in [1.807, 2.05) is 24.3 Å². The van der Waals surface area contributed by atoms with Gasteiger partial charge in [0.1, 0.15) is 0 Å². The van der Waals surface area contributed by atoms with Gasteiger partial charge in [0.15, 0.2) is 0 Å². The molecule has 1 aromatic heterocycles. The molecule has 0 saturated carbocycles. The monoisotopic (exact) mass is 333 g/mol. The molecule has 0 radical (unpaired) electrons. The summed E-state index contributed by atoms with van der Waals surface area (Å²) in [6.45, 7) is 0.925. The molecule has 2 aromatic rings. The molecule has 0 unspecified atom stereocenters. The predicted molar refractivity (Wildman–Crippen MR) is 82.3 cm³/mol. The molecule has 0 atom stereocenters. The Balaban J connectivity index is 1.89. The van der Waals surface area contributed by atoms with Gasteiger partial charge in [0.2, 0.25) is 0 Å². The first-order valence-corrected chi connectivity index (χ1v) is 7.16. The lowest BCUT2D eigenvalue weighted by Gasteiger charge is -2.06. The third-order valence-electron chi connectivity index (χ3n) is 2.88. The van der Waals surface area contributed by atoms with E-state index in [1.54, 1.807) is 18.3 Å². The van der Waals surface area contributed by atoms with Crippen LogP contribution in [0.5, 0.6) is 0 Å². The lowest BCUT2D eigenvalue weighted by molar-refractivity contribution is 0.0954. The van der Waals surface area contributed by atoms with Crippen LogP contribution >= 0.6 is 15.9 Å². The second-order valence-electron chi connectivity index (χ2n) is 4.38. The Morgan fingerprint density at radius 2 is 2.15 bits per heavy atom. The summed E-state index contributed by atoms with van der Waals surface area (Å²) in [6, 6.07) is 11.5. The van der Waals surface area contributed by atoms with Crippen LogP contribution in [-0.2, 0) is 13.0 Å². The Labute approximate surface area is 126 Å². The summed E-state index contributed by atoms with van der Waals surface area (Å²) in [5.41, 5.74) is 7.99. The Hall–Kier alpha value is -1.72. The second kappa shape index (κ2) is 7.17. The molecule has 0 aliphatic carbocycles. The topological polar surface area (TPSA) is 68.0 Å². The molecule has 0 saturated heterocycles. The lowest BCUT2D eigenvalue weighted by Crippen LogP contribution is -2.26. The Kier molecular flexibility index (Phi) is 5.26. The first kappa shape index (κ1) is 14.7. The van der Waals surface area contributed by atoms with E-state index in [9.17, 15) is 4.79 Å². The number of aromatic nitrogens is 1. The number of nitrogens with one attached hydrogen (secondary N) is 1. The van der Waals surface area contributed by atoms with Crippen molar-refractivity contribution in [3.8, 4) is 0 Å². The van der Waals surface area contributed by atoms with Crippen molar-refractivity contribution in [3.63, 3.8) is 0 Å². The average molecular weight is 334 g/mol. The van der Waals surface area contributed by atoms with Crippen LogP contribution in [0.25, 0.3) is 0 Å². The number of carbonyl (C=O) groups excluding carboxylic acids is 1. The van der Waals surface area contributed by atoms with Crippen molar-refractivity contribution >= 4 is 21.8 Å². The fourth-order valence-electron chi connectivity index (χ4n) is 1.85. The molecule has 5 heteroatoms. The minimum absolute atomic E-state index is 0.0999. The SMILES string of the molecule is NCc1cc(C(=O)NCCc2cccc(Br)c2)ccn1. The van der Waals surface area contributed by atoms with Crippen molar-refractivity contribution in [2.45, 2.75) is 13.0 Å². The molecular formula is C15H16BrN3O. The maximum absolute atomic E-state index is 12.0. The van der Waals surface area contributed by atoms with Crippen molar-refractivity contribution in [2.75, 3.05) is 6.54 Å². The van der Waals surface area contributed by atoms with Gasteiger partial charge in [0, 0.05) is 29.3 Å². The number of nitrogens with two attached hydrogens (primary N) is 1. The van der Waals surface area contributed by atoms with E-state index in [-0.39, 0.29) is 5.91 Å². The Morgan fingerprint density at radius 3 is 2.90 bits per heavy atom. The molecule has 4 nitrogen and oxygen atoms in total. The first-order chi connectivity index (χ1) is 9.69. The molecule has 20 heavy (non-hydrogen) atoms. The maximum Gasteiger partial charge on any atom is 0.251 e. The van der Waals surface area contributed by atoms with Gasteiger partial charge in [-0.25, -0.2) is 0 Å². The number of hydrogen-bond donors (Lipinski definition) is 2. The molecule has 0 spiro atoms. The van der Waals surface area contributed by atoms with Crippen molar-refractivity contribution in [1.82, 2.24) is 10.3 Å². The summed E-state index contributed by atoms with van der Waals surface area (Å²) in [4.78, 5) is 16.0. The van der Waals surface area contributed by atoms with E-state index in [0.717, 1.165) is 10.9 Å². The molecule has 1 aromatic carbocycles. The number of carbonyl (C=O) groups is 1. The number of nitrogens with zero attached hydrogens (tertiary/aromatic N) is 1. The van der Waals surface area contributed by atoms with E-state index in [2.05, 4.69) is 26.2 Å². The third-order valence-corrected chi connectivity index (χ3v) is 3.37. The van der Waals surface area contributed by atoms with Crippen molar-refractivity contribution in [3.05, 3.63) is 63.9 Å². The molecule has 3 N–H and O–H groups in total. The van der Waals surface area contributed by atoms with E-state index >= 15 is 0 Å². The van der Waals surface area contributed by atoms with E-state index in [1.165, 1.54) is 5.56 Å². The van der Waals surface area contributed by atoms with Crippen LogP contribution in [-0.4, -0.2) is 17.4 Å². The summed E-state index contributed by atoms with van der Waals surface area (Å²) in [5.74, 6) is -0.0999. The van der Waals surface area contributed by atoms with Gasteiger partial charge in [0.25, 0.3) is 5.91 Å². The van der Waals surface area contributed by atoms with E-state index < -0.39 is 0 Å². The van der Waals surface area contributed by atoms with E-state index in [0.29, 0.717) is 24.3 Å². The molecule has 1 amide bonds. The minimum atomic E-state index is -0.0999. The molecule has 1 heterocycles. The van der Waals surface area contributed by atoms with Gasteiger partial charge in [-0.1, -0.05) is 28.1 Å². The highest BCUT2D eigenvalue weighted by Gasteiger charge is 2.05. The maximum atomic E-state index is 12.0. The fourth-order valence-corrected chi connectivity index (χ4v) is 2.29. The number of benzene rings is 1. The van der Waals surface area contributed by atoms with Crippen LogP contribution in [0.3, 0.4) is 0 Å². The summed E-state index contributed by atoms with van der Waals surface area (Å²) >= 11 is 3.43. The summed E-state index contributed by atoms with van der Waals surface area (Å²) in [7, 11) is 0. The first-order valence-electron chi connectivity index (χ1n) is 6.36. The van der Waals surface area contributed by atoms with Crippen LogP contribution in [0, 0.1) is 0 Å². The number of pyridine rings is 1. The highest BCUT2D eigenvalue weighted by Crippen LogP contribution is 2.11. The zero-order valence-corrected chi connectivity index (χ0v) is 12.6. The van der Waals surface area contributed by atoms with Crippen LogP contribution in [0.1, 0.15) is 21.6 Å². The van der Waals surface area contributed by atoms with Crippen LogP contribution < -0.4 is 11.1 Å². The number of rotatable bonds is 5. The minimum Gasteiger partial charge on any atom is -0.352 e. The smallest absolute Gasteiger partial charge is 0.251 e. The van der Waals surface area contributed by atoms with Gasteiger partial charge < -0.3 is 11.1 Å². The van der Waals surface area contributed by atoms with Crippen molar-refractivity contribution in [1.29, 1.82) is 0 Å². The van der Waals surface area contributed by atoms with Crippen LogP contribution in [0.2, 0.25) is 0 Å². The van der Waals surface area contributed by atoms with E-state index in [4.69, 9.17) is 5.73 Å². The van der Waals surface area contributed by atoms with Gasteiger partial charge in [-0.3, -0.25) is 9.78 Å². The van der Waals surface area contributed by atoms with Crippen molar-refractivity contribution < 1.29 is 4.79 Å². The molecule has 104 valence electrons. The molecule has 0 fully saturated rings. The van der Waals surface area contributed by atoms with Crippen molar-refractivity contribution in [2.24, 2.45) is 5.73 Å². The zero-order chi connectivity index (χ0) is 14.4. The highest BCUT2D eigenvalue weighted by molar-refractivity contribution is 9.10. The molecule has 0 aliphatic rings. The molecular weight excluding hydrogens is 318 g/mol.